The molecular weight excluding hydrogens is 457 g/mol. The van der Waals surface area contributed by atoms with Crippen LogP contribution in [0.2, 0.25) is 15.1 Å². The van der Waals surface area contributed by atoms with E-state index in [4.69, 9.17) is 34.8 Å². The molecule has 3 aromatic rings. The number of fused-ring (bicyclic) bond motifs is 1. The fraction of sp³-hybridized carbons (Fsp3) is 0.318. The van der Waals surface area contributed by atoms with E-state index in [0.29, 0.717) is 38.4 Å². The molecule has 2 aliphatic rings. The van der Waals surface area contributed by atoms with Crippen molar-refractivity contribution in [2.75, 3.05) is 13.1 Å². The fourth-order valence-electron chi connectivity index (χ4n) is 4.54. The van der Waals surface area contributed by atoms with Gasteiger partial charge in [-0.3, -0.25) is 10.2 Å². The van der Waals surface area contributed by atoms with Gasteiger partial charge in [0.05, 0.1) is 10.7 Å². The Morgan fingerprint density at radius 1 is 0.968 bits per heavy atom. The lowest BCUT2D eigenvalue weighted by molar-refractivity contribution is 0.0803. The van der Waals surface area contributed by atoms with Crippen LogP contribution < -0.4 is 5.43 Å². The summed E-state index contributed by atoms with van der Waals surface area (Å²) in [6, 6.07) is 12.3. The van der Waals surface area contributed by atoms with E-state index in [9.17, 15) is 4.79 Å². The average Bonchev–Trinajstić information content (AvgIpc) is 3.43. The summed E-state index contributed by atoms with van der Waals surface area (Å²) < 4.78 is 1.57. The fourth-order valence-corrected chi connectivity index (χ4v) is 5.15. The van der Waals surface area contributed by atoms with E-state index >= 15 is 0 Å². The largest absolute Gasteiger partial charge is 0.305 e. The zero-order valence-corrected chi connectivity index (χ0v) is 18.8. The molecule has 1 saturated carbocycles. The monoisotopic (exact) mass is 475 g/mol. The van der Waals surface area contributed by atoms with Crippen LogP contribution in [0.3, 0.4) is 0 Å². The third-order valence-electron chi connectivity index (χ3n) is 6.04. The minimum atomic E-state index is -0.334. The third kappa shape index (κ3) is 4.17. The van der Waals surface area contributed by atoms with Crippen LogP contribution in [0.4, 0.5) is 0 Å². The van der Waals surface area contributed by atoms with E-state index in [-0.39, 0.29) is 11.7 Å². The number of amides is 1. The molecular formula is C22H20Cl3N5O. The predicted molar refractivity (Wildman–Crippen MR) is 122 cm³/mol. The number of hydrogen-bond donors (Lipinski definition) is 1. The second-order valence-electron chi connectivity index (χ2n) is 8.07. The molecule has 31 heavy (non-hydrogen) atoms. The highest BCUT2D eigenvalue weighted by atomic mass is 35.5. The van der Waals surface area contributed by atoms with Crippen LogP contribution in [0, 0.1) is 11.8 Å². The Balaban J connectivity index is 1.48. The highest BCUT2D eigenvalue weighted by molar-refractivity contribution is 6.35. The normalized spacial score (nSPS) is 20.7. The van der Waals surface area contributed by atoms with Gasteiger partial charge in [0, 0.05) is 28.7 Å². The van der Waals surface area contributed by atoms with Crippen LogP contribution in [0.5, 0.6) is 0 Å². The molecule has 0 bridgehead atoms. The Morgan fingerprint density at radius 3 is 2.32 bits per heavy atom. The number of nitrogens with one attached hydrogen (secondary N) is 1. The molecule has 1 N–H and O–H groups in total. The van der Waals surface area contributed by atoms with E-state index in [2.05, 4.69) is 15.5 Å². The Bertz CT molecular complexity index is 1120. The minimum absolute atomic E-state index is 0.0769. The van der Waals surface area contributed by atoms with Crippen molar-refractivity contribution in [3.63, 3.8) is 0 Å². The molecule has 2 aromatic carbocycles. The SMILES string of the molecule is O=C(NN1CC2CCCC2C1)c1nc(-c2ccc(Cl)cc2)n(-c2ccc(Cl)cc2Cl)n1. The number of aromatic nitrogens is 3. The van der Waals surface area contributed by atoms with Gasteiger partial charge in [0.15, 0.2) is 5.82 Å². The standard InChI is InChI=1S/C22H20Cl3N5O/c23-16-6-4-13(5-7-16)21-26-20(27-30(21)19-9-8-17(24)10-18(19)25)22(31)28-29-11-14-2-1-3-15(14)12-29/h4-10,14-15H,1-3,11-12H2,(H,28,31). The highest BCUT2D eigenvalue weighted by Crippen LogP contribution is 2.37. The Morgan fingerprint density at radius 2 is 1.65 bits per heavy atom. The van der Waals surface area contributed by atoms with Gasteiger partial charge in [-0.05, 0) is 67.1 Å². The molecule has 1 aromatic heterocycles. The summed E-state index contributed by atoms with van der Waals surface area (Å²) in [5.41, 5.74) is 4.32. The zero-order chi connectivity index (χ0) is 21.5. The maximum absolute atomic E-state index is 13.0. The first-order valence-corrected chi connectivity index (χ1v) is 11.4. The molecule has 6 nitrogen and oxygen atoms in total. The molecule has 2 unspecified atom stereocenters. The number of carbonyl (C=O) groups is 1. The minimum Gasteiger partial charge on any atom is -0.282 e. The first kappa shape index (κ1) is 20.8. The molecule has 1 aliphatic heterocycles. The van der Waals surface area contributed by atoms with Crippen molar-refractivity contribution in [3.05, 3.63) is 63.4 Å². The predicted octanol–water partition coefficient (Wildman–Crippen LogP) is 5.27. The first-order valence-electron chi connectivity index (χ1n) is 10.2. The number of carbonyl (C=O) groups excluding carboxylic acids is 1. The van der Waals surface area contributed by atoms with Crippen LogP contribution in [0.1, 0.15) is 29.9 Å². The van der Waals surface area contributed by atoms with Gasteiger partial charge < -0.3 is 0 Å². The lowest BCUT2D eigenvalue weighted by Crippen LogP contribution is -2.41. The molecule has 2 fully saturated rings. The van der Waals surface area contributed by atoms with Crippen LogP contribution in [0.25, 0.3) is 17.1 Å². The van der Waals surface area contributed by atoms with E-state index in [0.717, 1.165) is 18.7 Å². The quantitative estimate of drug-likeness (QED) is 0.557. The van der Waals surface area contributed by atoms with E-state index < -0.39 is 0 Å². The van der Waals surface area contributed by atoms with Crippen molar-refractivity contribution < 1.29 is 4.79 Å². The molecule has 160 valence electrons. The number of hydrogen-bond acceptors (Lipinski definition) is 4. The first-order chi connectivity index (χ1) is 15.0. The van der Waals surface area contributed by atoms with Gasteiger partial charge in [-0.2, -0.15) is 0 Å². The van der Waals surface area contributed by atoms with E-state index in [1.54, 1.807) is 35.0 Å². The van der Waals surface area contributed by atoms with Crippen molar-refractivity contribution in [3.8, 4) is 17.1 Å². The van der Waals surface area contributed by atoms with E-state index in [1.165, 1.54) is 19.3 Å². The lowest BCUT2D eigenvalue weighted by atomic mass is 10.0. The van der Waals surface area contributed by atoms with Crippen LogP contribution in [-0.4, -0.2) is 38.8 Å². The number of rotatable bonds is 4. The Labute approximate surface area is 195 Å². The van der Waals surface area contributed by atoms with Gasteiger partial charge in [0.2, 0.25) is 5.82 Å². The molecule has 2 atom stereocenters. The summed E-state index contributed by atoms with van der Waals surface area (Å²) in [5.74, 6) is 1.57. The summed E-state index contributed by atoms with van der Waals surface area (Å²) in [5, 5.41) is 8.02. The maximum atomic E-state index is 13.0. The number of nitrogens with zero attached hydrogens (tertiary/aromatic N) is 4. The van der Waals surface area contributed by atoms with Crippen molar-refractivity contribution in [2.24, 2.45) is 11.8 Å². The van der Waals surface area contributed by atoms with Crippen LogP contribution in [-0.2, 0) is 0 Å². The van der Waals surface area contributed by atoms with Gasteiger partial charge in [0.1, 0.15) is 0 Å². The summed E-state index contributed by atoms with van der Waals surface area (Å²) in [7, 11) is 0. The maximum Gasteiger partial charge on any atom is 0.305 e. The Kier molecular flexibility index (Phi) is 5.65. The Hall–Kier alpha value is -2.12. The number of benzene rings is 2. The summed E-state index contributed by atoms with van der Waals surface area (Å²) in [6.07, 6.45) is 3.76. The van der Waals surface area contributed by atoms with Gasteiger partial charge in [0.25, 0.3) is 0 Å². The van der Waals surface area contributed by atoms with Gasteiger partial charge in [-0.1, -0.05) is 41.2 Å². The van der Waals surface area contributed by atoms with Gasteiger partial charge >= 0.3 is 5.91 Å². The summed E-state index contributed by atoms with van der Waals surface area (Å²) in [6.45, 7) is 1.76. The molecule has 1 aliphatic carbocycles. The molecule has 0 spiro atoms. The molecule has 5 rings (SSSR count). The molecule has 1 amide bonds. The molecule has 2 heterocycles. The third-order valence-corrected chi connectivity index (χ3v) is 6.83. The lowest BCUT2D eigenvalue weighted by Gasteiger charge is -2.16. The number of halogens is 3. The van der Waals surface area contributed by atoms with Crippen molar-refractivity contribution in [1.29, 1.82) is 0 Å². The smallest absolute Gasteiger partial charge is 0.282 e. The second-order valence-corrected chi connectivity index (χ2v) is 9.35. The molecule has 9 heteroatoms. The number of hydrazine groups is 1. The summed E-state index contributed by atoms with van der Waals surface area (Å²) >= 11 is 18.5. The molecule has 0 radical (unpaired) electrons. The summed E-state index contributed by atoms with van der Waals surface area (Å²) in [4.78, 5) is 17.5. The van der Waals surface area contributed by atoms with Crippen LogP contribution >= 0.6 is 34.8 Å². The van der Waals surface area contributed by atoms with Crippen molar-refractivity contribution in [2.45, 2.75) is 19.3 Å². The topological polar surface area (TPSA) is 63.1 Å². The van der Waals surface area contributed by atoms with Gasteiger partial charge in [-0.25, -0.2) is 14.7 Å². The zero-order valence-electron chi connectivity index (χ0n) is 16.6. The second kappa shape index (κ2) is 8.43. The van der Waals surface area contributed by atoms with Crippen LogP contribution in [0.15, 0.2) is 42.5 Å². The van der Waals surface area contributed by atoms with E-state index in [1.807, 2.05) is 17.1 Å². The van der Waals surface area contributed by atoms with Crippen molar-refractivity contribution >= 4 is 40.7 Å². The molecule has 1 saturated heterocycles. The highest BCUT2D eigenvalue weighted by Gasteiger charge is 2.37. The van der Waals surface area contributed by atoms with Crippen molar-refractivity contribution in [1.82, 2.24) is 25.2 Å². The van der Waals surface area contributed by atoms with Gasteiger partial charge in [-0.15, -0.1) is 5.10 Å². The average molecular weight is 477 g/mol.